The molecule has 4 aromatic carbocycles. The van der Waals surface area contributed by atoms with Crippen molar-refractivity contribution in [2.75, 3.05) is 43.9 Å². The monoisotopic (exact) mass is 664 g/mol. The molecule has 1 aliphatic heterocycles. The molecule has 5 rings (SSSR count). The Balaban J connectivity index is 1.30. The second kappa shape index (κ2) is 15.3. The standard InChI is InChI=1S/C33H33FN4O6S2/c34-27-12-10-25(11-13-27)24-6-8-26(9-7-24)33(39)36-46(42,43)30-14-15-31(32(22-30)38(40)41)35-28(16-17-37-18-20-44-21-19-37)23-45-29-4-2-1-3-5-29/h1-15,22,28,35H,16-21,23H2,(H,36,39)/t28-/m1/s1. The lowest BCUT2D eigenvalue weighted by Gasteiger charge is -2.29. The molecule has 13 heteroatoms. The van der Waals surface area contributed by atoms with E-state index in [1.807, 2.05) is 35.1 Å². The molecule has 1 atom stereocenters. The summed E-state index contributed by atoms with van der Waals surface area (Å²) >= 11 is 1.63. The minimum Gasteiger partial charge on any atom is -0.379 e. The Morgan fingerprint density at radius 1 is 0.957 bits per heavy atom. The fourth-order valence-electron chi connectivity index (χ4n) is 4.94. The number of hydrogen-bond acceptors (Lipinski definition) is 9. The fraction of sp³-hybridized carbons (Fsp3) is 0.242. The topological polar surface area (TPSA) is 131 Å². The molecule has 4 aromatic rings. The number of nitrogens with one attached hydrogen (secondary N) is 2. The van der Waals surface area contributed by atoms with E-state index in [0.29, 0.717) is 31.0 Å². The zero-order valence-corrected chi connectivity index (χ0v) is 26.4. The average molecular weight is 665 g/mol. The van der Waals surface area contributed by atoms with Crippen LogP contribution in [0.4, 0.5) is 15.8 Å². The summed E-state index contributed by atoms with van der Waals surface area (Å²) in [6, 6.07) is 25.2. The zero-order chi connectivity index (χ0) is 32.5. The summed E-state index contributed by atoms with van der Waals surface area (Å²) in [6.07, 6.45) is 0.701. The highest BCUT2D eigenvalue weighted by molar-refractivity contribution is 7.99. The molecule has 1 fully saturated rings. The van der Waals surface area contributed by atoms with Gasteiger partial charge in [-0.1, -0.05) is 42.5 Å². The van der Waals surface area contributed by atoms with Gasteiger partial charge < -0.3 is 10.1 Å². The molecule has 1 saturated heterocycles. The number of rotatable bonds is 13. The van der Waals surface area contributed by atoms with Crippen molar-refractivity contribution in [3.63, 3.8) is 0 Å². The summed E-state index contributed by atoms with van der Waals surface area (Å²) < 4.78 is 47.0. The predicted octanol–water partition coefficient (Wildman–Crippen LogP) is 5.81. The molecule has 46 heavy (non-hydrogen) atoms. The van der Waals surface area contributed by atoms with Gasteiger partial charge in [0.05, 0.1) is 23.0 Å². The van der Waals surface area contributed by atoms with Crippen molar-refractivity contribution >= 4 is 39.1 Å². The third-order valence-corrected chi connectivity index (χ3v) is 9.98. The molecule has 10 nitrogen and oxygen atoms in total. The number of carbonyl (C=O) groups excluding carboxylic acids is 1. The van der Waals surface area contributed by atoms with E-state index < -0.39 is 31.4 Å². The Morgan fingerprint density at radius 2 is 1.61 bits per heavy atom. The number of nitro groups is 1. The number of nitrogens with zero attached hydrogens (tertiary/aromatic N) is 2. The third-order valence-electron chi connectivity index (χ3n) is 7.48. The first kappa shape index (κ1) is 33.1. The number of thioether (sulfide) groups is 1. The largest absolute Gasteiger partial charge is 0.379 e. The van der Waals surface area contributed by atoms with Crippen LogP contribution in [0.25, 0.3) is 11.1 Å². The lowest BCUT2D eigenvalue weighted by molar-refractivity contribution is -0.384. The van der Waals surface area contributed by atoms with Crippen LogP contribution in [0.1, 0.15) is 16.8 Å². The molecule has 1 aliphatic rings. The Morgan fingerprint density at radius 3 is 2.26 bits per heavy atom. The summed E-state index contributed by atoms with van der Waals surface area (Å²) in [5.74, 6) is -0.641. The third kappa shape index (κ3) is 8.91. The minimum absolute atomic E-state index is 0.0706. The van der Waals surface area contributed by atoms with Crippen LogP contribution < -0.4 is 10.0 Å². The summed E-state index contributed by atoms with van der Waals surface area (Å²) in [4.78, 5) is 27.3. The fourth-order valence-corrected chi connectivity index (χ4v) is 6.93. The first-order valence-electron chi connectivity index (χ1n) is 14.6. The number of amides is 1. The Labute approximate surface area is 271 Å². The first-order valence-corrected chi connectivity index (χ1v) is 17.1. The van der Waals surface area contributed by atoms with E-state index in [-0.39, 0.29) is 23.1 Å². The van der Waals surface area contributed by atoms with Crippen LogP contribution in [0.15, 0.2) is 107 Å². The number of sulfonamides is 1. The van der Waals surface area contributed by atoms with E-state index in [9.17, 15) is 27.7 Å². The molecule has 1 amide bonds. The van der Waals surface area contributed by atoms with Crippen molar-refractivity contribution in [3.05, 3.63) is 119 Å². The SMILES string of the molecule is O=C(NS(=O)(=O)c1ccc(N[C@H](CCN2CCOCC2)CSc2ccccc2)c([N+](=O)[O-])c1)c1ccc(-c2ccc(F)cc2)cc1. The number of hydrogen-bond donors (Lipinski definition) is 2. The molecule has 0 spiro atoms. The van der Waals surface area contributed by atoms with E-state index in [0.717, 1.165) is 36.2 Å². The van der Waals surface area contributed by atoms with Crippen LogP contribution in [0.5, 0.6) is 0 Å². The van der Waals surface area contributed by atoms with Gasteiger partial charge in [0.15, 0.2) is 0 Å². The second-order valence-electron chi connectivity index (χ2n) is 10.7. The lowest BCUT2D eigenvalue weighted by atomic mass is 10.0. The van der Waals surface area contributed by atoms with Gasteiger partial charge in [-0.25, -0.2) is 17.5 Å². The summed E-state index contributed by atoms with van der Waals surface area (Å²) in [6.45, 7) is 3.73. The molecular weight excluding hydrogens is 632 g/mol. The minimum atomic E-state index is -4.44. The molecule has 0 aliphatic carbocycles. The lowest BCUT2D eigenvalue weighted by Crippen LogP contribution is -2.39. The van der Waals surface area contributed by atoms with Crippen LogP contribution in [0.3, 0.4) is 0 Å². The van der Waals surface area contributed by atoms with E-state index in [4.69, 9.17) is 4.74 Å². The molecule has 0 radical (unpaired) electrons. The normalized spacial score (nSPS) is 14.4. The number of nitro benzene ring substituents is 1. The van der Waals surface area contributed by atoms with Gasteiger partial charge in [-0.05, 0) is 66.1 Å². The van der Waals surface area contributed by atoms with Crippen LogP contribution in [-0.2, 0) is 14.8 Å². The number of carbonyl (C=O) groups is 1. The maximum atomic E-state index is 13.2. The second-order valence-corrected chi connectivity index (χ2v) is 13.4. The van der Waals surface area contributed by atoms with Gasteiger partial charge in [-0.15, -0.1) is 11.8 Å². The zero-order valence-electron chi connectivity index (χ0n) is 24.8. The van der Waals surface area contributed by atoms with E-state index in [2.05, 4.69) is 10.2 Å². The quantitative estimate of drug-likeness (QED) is 0.103. The van der Waals surface area contributed by atoms with E-state index in [1.165, 1.54) is 36.4 Å². The Hall–Kier alpha value is -4.30. The number of morpholine rings is 1. The molecule has 0 unspecified atom stereocenters. The van der Waals surface area contributed by atoms with Crippen molar-refractivity contribution in [1.29, 1.82) is 0 Å². The molecular formula is C33H33FN4O6S2. The summed E-state index contributed by atoms with van der Waals surface area (Å²) in [7, 11) is -4.44. The predicted molar refractivity (Wildman–Crippen MR) is 176 cm³/mol. The molecule has 0 bridgehead atoms. The van der Waals surface area contributed by atoms with Gasteiger partial charge in [0.1, 0.15) is 11.5 Å². The summed E-state index contributed by atoms with van der Waals surface area (Å²) in [5, 5.41) is 15.4. The van der Waals surface area contributed by atoms with Gasteiger partial charge in [-0.2, -0.15) is 0 Å². The number of anilines is 1. The van der Waals surface area contributed by atoms with Crippen LogP contribution >= 0.6 is 11.8 Å². The Bertz CT molecular complexity index is 1750. The van der Waals surface area contributed by atoms with Crippen LogP contribution in [0.2, 0.25) is 0 Å². The number of halogens is 1. The van der Waals surface area contributed by atoms with Gasteiger partial charge in [0.2, 0.25) is 0 Å². The molecule has 0 saturated carbocycles. The molecule has 2 N–H and O–H groups in total. The highest BCUT2D eigenvalue weighted by Crippen LogP contribution is 2.30. The van der Waals surface area contributed by atoms with Crippen molar-refractivity contribution in [1.82, 2.24) is 9.62 Å². The number of ether oxygens (including phenoxy) is 1. The van der Waals surface area contributed by atoms with Gasteiger partial charge >= 0.3 is 0 Å². The van der Waals surface area contributed by atoms with Crippen LogP contribution in [-0.4, -0.2) is 68.8 Å². The average Bonchev–Trinajstić information content (AvgIpc) is 3.07. The molecule has 1 heterocycles. The van der Waals surface area contributed by atoms with E-state index >= 15 is 0 Å². The highest BCUT2D eigenvalue weighted by atomic mass is 32.2. The van der Waals surface area contributed by atoms with E-state index in [1.54, 1.807) is 36.0 Å². The number of benzene rings is 4. The smallest absolute Gasteiger partial charge is 0.293 e. The Kier molecular flexibility index (Phi) is 11.0. The van der Waals surface area contributed by atoms with Gasteiger partial charge in [0.25, 0.3) is 21.6 Å². The highest BCUT2D eigenvalue weighted by Gasteiger charge is 2.25. The van der Waals surface area contributed by atoms with Crippen molar-refractivity contribution in [3.8, 4) is 11.1 Å². The maximum Gasteiger partial charge on any atom is 0.293 e. The maximum absolute atomic E-state index is 13.2. The first-order chi connectivity index (χ1) is 22.2. The summed E-state index contributed by atoms with van der Waals surface area (Å²) in [5.41, 5.74) is 1.28. The van der Waals surface area contributed by atoms with Crippen LogP contribution in [0, 0.1) is 15.9 Å². The van der Waals surface area contributed by atoms with Crippen molar-refractivity contribution in [2.24, 2.45) is 0 Å². The van der Waals surface area contributed by atoms with Gasteiger partial charge in [0, 0.05) is 48.0 Å². The van der Waals surface area contributed by atoms with Crippen molar-refractivity contribution in [2.45, 2.75) is 22.3 Å². The van der Waals surface area contributed by atoms with Crippen molar-refractivity contribution < 1.29 is 27.3 Å². The molecule has 0 aromatic heterocycles. The van der Waals surface area contributed by atoms with Gasteiger partial charge in [-0.3, -0.25) is 19.8 Å². The molecule has 240 valence electrons.